The van der Waals surface area contributed by atoms with Crippen molar-refractivity contribution in [2.24, 2.45) is 5.73 Å². The van der Waals surface area contributed by atoms with E-state index in [1.165, 1.54) is 5.56 Å². The zero-order valence-electron chi connectivity index (χ0n) is 10.1. The summed E-state index contributed by atoms with van der Waals surface area (Å²) in [6.45, 7) is 0. The molecule has 2 aromatic heterocycles. The van der Waals surface area contributed by atoms with Gasteiger partial charge in [0.15, 0.2) is 0 Å². The van der Waals surface area contributed by atoms with Gasteiger partial charge in [0, 0.05) is 30.8 Å². The molecule has 0 fully saturated rings. The number of hydrogen-bond acceptors (Lipinski definition) is 3. The Morgan fingerprint density at radius 1 is 1.17 bits per heavy atom. The van der Waals surface area contributed by atoms with Gasteiger partial charge in [0.25, 0.3) is 0 Å². The van der Waals surface area contributed by atoms with Crippen LogP contribution >= 0.6 is 11.6 Å². The summed E-state index contributed by atoms with van der Waals surface area (Å²) >= 11 is 6.06. The zero-order chi connectivity index (χ0) is 12.8. The third-order valence-corrected chi connectivity index (χ3v) is 3.21. The Kier molecular flexibility index (Phi) is 4.67. The van der Waals surface area contributed by atoms with Crippen molar-refractivity contribution in [1.29, 1.82) is 0 Å². The summed E-state index contributed by atoms with van der Waals surface area (Å²) in [4.78, 5) is 8.06. The molecule has 94 valence electrons. The second-order valence-electron chi connectivity index (χ2n) is 4.33. The van der Waals surface area contributed by atoms with Crippen molar-refractivity contribution >= 4 is 11.6 Å². The van der Waals surface area contributed by atoms with Crippen molar-refractivity contribution in [3.05, 3.63) is 59.1 Å². The number of nitrogens with two attached hydrogens (primary N) is 1. The van der Waals surface area contributed by atoms with E-state index in [2.05, 4.69) is 16.0 Å². The summed E-state index contributed by atoms with van der Waals surface area (Å²) in [5.41, 5.74) is 8.40. The van der Waals surface area contributed by atoms with Gasteiger partial charge in [-0.1, -0.05) is 17.7 Å². The van der Waals surface area contributed by atoms with Crippen LogP contribution in [0.3, 0.4) is 0 Å². The minimum atomic E-state index is 0.102. The minimum absolute atomic E-state index is 0.102. The van der Waals surface area contributed by atoms with Crippen LogP contribution in [0.2, 0.25) is 5.02 Å². The largest absolute Gasteiger partial charge is 0.327 e. The highest BCUT2D eigenvalue weighted by molar-refractivity contribution is 6.31. The molecular formula is C14H16ClN3. The number of pyridine rings is 2. The van der Waals surface area contributed by atoms with Crippen LogP contribution in [0.25, 0.3) is 0 Å². The van der Waals surface area contributed by atoms with Gasteiger partial charge in [-0.2, -0.15) is 0 Å². The predicted molar refractivity (Wildman–Crippen MR) is 73.5 cm³/mol. The maximum Gasteiger partial charge on any atom is 0.0621 e. The summed E-state index contributed by atoms with van der Waals surface area (Å²) < 4.78 is 0. The summed E-state index contributed by atoms with van der Waals surface area (Å²) in [7, 11) is 0. The molecule has 0 bridgehead atoms. The molecular weight excluding hydrogens is 246 g/mol. The van der Waals surface area contributed by atoms with Crippen LogP contribution in [-0.4, -0.2) is 16.0 Å². The molecule has 0 aliphatic rings. The molecule has 2 rings (SSSR count). The van der Waals surface area contributed by atoms with E-state index < -0.39 is 0 Å². The fourth-order valence-corrected chi connectivity index (χ4v) is 2.05. The number of aromatic nitrogens is 2. The third kappa shape index (κ3) is 3.79. The van der Waals surface area contributed by atoms with Crippen LogP contribution in [0.15, 0.2) is 43.0 Å². The summed E-state index contributed by atoms with van der Waals surface area (Å²) in [5, 5.41) is 0.689. The normalized spacial score (nSPS) is 12.3. The van der Waals surface area contributed by atoms with Gasteiger partial charge in [-0.3, -0.25) is 9.97 Å². The topological polar surface area (TPSA) is 51.8 Å². The van der Waals surface area contributed by atoms with Gasteiger partial charge in [0.1, 0.15) is 0 Å². The lowest BCUT2D eigenvalue weighted by Gasteiger charge is -2.12. The van der Waals surface area contributed by atoms with Gasteiger partial charge in [0.05, 0.1) is 5.02 Å². The van der Waals surface area contributed by atoms with E-state index >= 15 is 0 Å². The van der Waals surface area contributed by atoms with Crippen LogP contribution in [0.5, 0.6) is 0 Å². The smallest absolute Gasteiger partial charge is 0.0621 e. The second-order valence-corrected chi connectivity index (χ2v) is 4.74. The van der Waals surface area contributed by atoms with Gasteiger partial charge >= 0.3 is 0 Å². The van der Waals surface area contributed by atoms with E-state index in [1.807, 2.05) is 18.3 Å². The molecule has 2 aromatic rings. The van der Waals surface area contributed by atoms with Crippen molar-refractivity contribution in [3.63, 3.8) is 0 Å². The van der Waals surface area contributed by atoms with E-state index in [0.717, 1.165) is 24.8 Å². The number of rotatable bonds is 5. The van der Waals surface area contributed by atoms with Gasteiger partial charge in [-0.05, 0) is 42.5 Å². The molecule has 4 heteroatoms. The fourth-order valence-electron chi connectivity index (χ4n) is 1.85. The second kappa shape index (κ2) is 6.47. The third-order valence-electron chi connectivity index (χ3n) is 2.87. The Labute approximate surface area is 112 Å². The van der Waals surface area contributed by atoms with Crippen molar-refractivity contribution in [3.8, 4) is 0 Å². The highest BCUT2D eigenvalue weighted by atomic mass is 35.5. The highest BCUT2D eigenvalue weighted by Crippen LogP contribution is 2.16. The van der Waals surface area contributed by atoms with Crippen molar-refractivity contribution in [1.82, 2.24) is 9.97 Å². The molecule has 0 aliphatic carbocycles. The molecule has 0 spiro atoms. The maximum atomic E-state index is 6.12. The van der Waals surface area contributed by atoms with Gasteiger partial charge in [-0.15, -0.1) is 0 Å². The number of aryl methyl sites for hydroxylation is 1. The first-order valence-corrected chi connectivity index (χ1v) is 6.36. The van der Waals surface area contributed by atoms with E-state index in [9.17, 15) is 0 Å². The molecule has 3 nitrogen and oxygen atoms in total. The Balaban J connectivity index is 1.86. The molecule has 0 amide bonds. The van der Waals surface area contributed by atoms with Crippen LogP contribution < -0.4 is 5.73 Å². The monoisotopic (exact) mass is 261 g/mol. The fraction of sp³-hybridized carbons (Fsp3) is 0.286. The predicted octanol–water partition coefficient (Wildman–Crippen LogP) is 2.63. The van der Waals surface area contributed by atoms with Crippen LogP contribution in [0.1, 0.15) is 17.5 Å². The lowest BCUT2D eigenvalue weighted by molar-refractivity contribution is 0.609. The van der Waals surface area contributed by atoms with Crippen molar-refractivity contribution in [2.75, 3.05) is 0 Å². The Bertz CT molecular complexity index is 487. The van der Waals surface area contributed by atoms with Crippen LogP contribution in [-0.2, 0) is 12.8 Å². The molecule has 2 N–H and O–H groups in total. The Hall–Kier alpha value is -1.45. The van der Waals surface area contributed by atoms with E-state index in [1.54, 1.807) is 18.6 Å². The number of halogens is 1. The minimum Gasteiger partial charge on any atom is -0.327 e. The molecule has 1 unspecified atom stereocenters. The molecule has 0 radical (unpaired) electrons. The van der Waals surface area contributed by atoms with Gasteiger partial charge < -0.3 is 5.73 Å². The first kappa shape index (κ1) is 13.0. The lowest BCUT2D eigenvalue weighted by atomic mass is 10.0. The quantitative estimate of drug-likeness (QED) is 0.900. The van der Waals surface area contributed by atoms with Crippen LogP contribution in [0.4, 0.5) is 0 Å². The molecule has 2 heterocycles. The molecule has 0 saturated heterocycles. The summed E-state index contributed by atoms with van der Waals surface area (Å²) in [5.74, 6) is 0. The standard InChI is InChI=1S/C14H16ClN3/c15-14-10-18-7-5-12(14)8-13(16)4-3-11-2-1-6-17-9-11/h1-2,5-7,9-10,13H,3-4,8,16H2. The molecule has 0 saturated carbocycles. The Morgan fingerprint density at radius 2 is 2.00 bits per heavy atom. The maximum absolute atomic E-state index is 6.12. The first-order valence-electron chi connectivity index (χ1n) is 5.98. The number of hydrogen-bond donors (Lipinski definition) is 1. The van der Waals surface area contributed by atoms with Gasteiger partial charge in [-0.25, -0.2) is 0 Å². The van der Waals surface area contributed by atoms with Gasteiger partial charge in [0.2, 0.25) is 0 Å². The van der Waals surface area contributed by atoms with Crippen molar-refractivity contribution in [2.45, 2.75) is 25.3 Å². The zero-order valence-corrected chi connectivity index (χ0v) is 10.8. The summed E-state index contributed by atoms with van der Waals surface area (Å²) in [6.07, 6.45) is 9.70. The van der Waals surface area contributed by atoms with E-state index in [4.69, 9.17) is 17.3 Å². The van der Waals surface area contributed by atoms with E-state index in [0.29, 0.717) is 5.02 Å². The average molecular weight is 262 g/mol. The molecule has 18 heavy (non-hydrogen) atoms. The lowest BCUT2D eigenvalue weighted by Crippen LogP contribution is -2.23. The molecule has 0 aliphatic heterocycles. The van der Waals surface area contributed by atoms with Crippen molar-refractivity contribution < 1.29 is 0 Å². The molecule has 0 aromatic carbocycles. The Morgan fingerprint density at radius 3 is 2.72 bits per heavy atom. The SMILES string of the molecule is NC(CCc1cccnc1)Cc1ccncc1Cl. The van der Waals surface area contributed by atoms with E-state index in [-0.39, 0.29) is 6.04 Å². The molecule has 1 atom stereocenters. The number of nitrogens with zero attached hydrogens (tertiary/aromatic N) is 2. The average Bonchev–Trinajstić information content (AvgIpc) is 2.40. The first-order chi connectivity index (χ1) is 8.75. The highest BCUT2D eigenvalue weighted by Gasteiger charge is 2.07. The van der Waals surface area contributed by atoms with Crippen LogP contribution in [0, 0.1) is 0 Å². The summed E-state index contributed by atoms with van der Waals surface area (Å²) in [6, 6.07) is 6.04.